The smallest absolute Gasteiger partial charge is 0.412 e. The van der Waals surface area contributed by atoms with Gasteiger partial charge in [-0.3, -0.25) is 9.59 Å². The van der Waals surface area contributed by atoms with Crippen LogP contribution in [0.1, 0.15) is 65.0 Å². The number of carbonyl (C=O) groups excluding carboxylic acids is 4. The van der Waals surface area contributed by atoms with Crippen LogP contribution >= 0.6 is 0 Å². The molecule has 4 heterocycles. The molecule has 6 rings (SSSR count). The summed E-state index contributed by atoms with van der Waals surface area (Å²) in [5.41, 5.74) is 3.60. The van der Waals surface area contributed by atoms with E-state index in [0.717, 1.165) is 44.3 Å². The molecule has 4 amide bonds. The van der Waals surface area contributed by atoms with Gasteiger partial charge in [0.15, 0.2) is 24.8 Å². The quantitative estimate of drug-likeness (QED) is 0.209. The van der Waals surface area contributed by atoms with E-state index in [4.69, 9.17) is 14.2 Å². The summed E-state index contributed by atoms with van der Waals surface area (Å²) in [7, 11) is 0. The number of piperidine rings is 1. The molecule has 2 atom stereocenters. The largest absolute Gasteiger partial charge is 1.00 e. The van der Waals surface area contributed by atoms with Crippen molar-refractivity contribution < 1.29 is 54.9 Å². The molecule has 0 saturated carbocycles. The van der Waals surface area contributed by atoms with Crippen LogP contribution < -0.4 is 32.2 Å². The van der Waals surface area contributed by atoms with Gasteiger partial charge in [0.25, 0.3) is 25.3 Å². The van der Waals surface area contributed by atoms with E-state index in [-0.39, 0.29) is 49.8 Å². The number of carbonyl (C=O) groups is 4. The van der Waals surface area contributed by atoms with Crippen LogP contribution in [0.5, 0.6) is 0 Å². The molecule has 0 bridgehead atoms. The monoisotopic (exact) mass is 801 g/mol. The number of hydrogen-bond acceptors (Lipinski definition) is 7. The Morgan fingerprint density at radius 2 is 0.982 bits per heavy atom. The second-order valence-electron chi connectivity index (χ2n) is 14.1. The zero-order valence-corrected chi connectivity index (χ0v) is 33.5. The number of ether oxygens (including phenoxy) is 3. The number of pyridine rings is 2. The molecule has 2 aliphatic heterocycles. The summed E-state index contributed by atoms with van der Waals surface area (Å²) in [5, 5.41) is 5.66. The SMILES string of the molecule is C[C@@H](Cc1ccccc1)NC(=O)OC[n+]1ccc(C(=O)N2CCCCC2)cc1.C[C@@H](Cc1ccccc1)NC(=O)OC[n+]1ccc(C(=O)N2CCOCC2)cc1.[Cl-]. The van der Waals surface area contributed by atoms with Crippen LogP contribution in [0.25, 0.3) is 0 Å². The first-order valence-corrected chi connectivity index (χ1v) is 19.3. The van der Waals surface area contributed by atoms with Gasteiger partial charge >= 0.3 is 12.2 Å². The first-order chi connectivity index (χ1) is 27.2. The van der Waals surface area contributed by atoms with Crippen LogP contribution in [0.2, 0.25) is 0 Å². The molecule has 2 N–H and O–H groups in total. The summed E-state index contributed by atoms with van der Waals surface area (Å²) < 4.78 is 19.2. The minimum absolute atomic E-state index is 0. The third kappa shape index (κ3) is 15.1. The molecule has 0 aliphatic carbocycles. The fourth-order valence-corrected chi connectivity index (χ4v) is 6.39. The number of nitrogens with zero attached hydrogens (tertiary/aromatic N) is 4. The molecule has 0 unspecified atom stereocenters. The lowest BCUT2D eigenvalue weighted by atomic mass is 10.1. The molecule has 2 fully saturated rings. The zero-order valence-electron chi connectivity index (χ0n) is 32.8. The number of benzene rings is 2. The average molecular weight is 802 g/mol. The minimum atomic E-state index is -0.468. The van der Waals surface area contributed by atoms with E-state index in [9.17, 15) is 19.2 Å². The maximum atomic E-state index is 12.5. The summed E-state index contributed by atoms with van der Waals surface area (Å²) >= 11 is 0. The van der Waals surface area contributed by atoms with E-state index < -0.39 is 12.2 Å². The molecule has 304 valence electrons. The highest BCUT2D eigenvalue weighted by molar-refractivity contribution is 5.94. The van der Waals surface area contributed by atoms with E-state index in [1.165, 1.54) is 12.0 Å². The number of likely N-dealkylation sites (tertiary alicyclic amines) is 1. The van der Waals surface area contributed by atoms with Crippen molar-refractivity contribution in [3.05, 3.63) is 132 Å². The first kappa shape index (κ1) is 44.2. The zero-order chi connectivity index (χ0) is 39.5. The third-order valence-electron chi connectivity index (χ3n) is 9.41. The summed E-state index contributed by atoms with van der Waals surface area (Å²) in [4.78, 5) is 52.5. The number of aromatic nitrogens is 2. The van der Waals surface area contributed by atoms with Gasteiger partial charge < -0.3 is 47.1 Å². The molecule has 2 saturated heterocycles. The van der Waals surface area contributed by atoms with Gasteiger partial charge in [0.05, 0.1) is 24.3 Å². The molecule has 57 heavy (non-hydrogen) atoms. The van der Waals surface area contributed by atoms with Crippen LogP contribution in [-0.2, 0) is 40.5 Å². The van der Waals surface area contributed by atoms with Crippen molar-refractivity contribution in [3.8, 4) is 0 Å². The van der Waals surface area contributed by atoms with Crippen molar-refractivity contribution in [2.75, 3.05) is 39.4 Å². The lowest BCUT2D eigenvalue weighted by Gasteiger charge is -2.26. The van der Waals surface area contributed by atoms with E-state index in [0.29, 0.717) is 37.4 Å². The average Bonchev–Trinajstić information content (AvgIpc) is 3.23. The Morgan fingerprint density at radius 3 is 1.39 bits per heavy atom. The highest BCUT2D eigenvalue weighted by Gasteiger charge is 2.21. The van der Waals surface area contributed by atoms with Crippen LogP contribution in [0, 0.1) is 0 Å². The minimum Gasteiger partial charge on any atom is -1.00 e. The number of hydrogen-bond donors (Lipinski definition) is 2. The van der Waals surface area contributed by atoms with Crippen molar-refractivity contribution in [3.63, 3.8) is 0 Å². The Hall–Kier alpha value is -5.53. The molecular weight excluding hydrogens is 748 g/mol. The third-order valence-corrected chi connectivity index (χ3v) is 9.41. The maximum Gasteiger partial charge on any atom is 0.412 e. The fourth-order valence-electron chi connectivity index (χ4n) is 6.39. The molecule has 2 aliphatic rings. The number of amides is 4. The second kappa shape index (κ2) is 23.5. The predicted octanol–water partition coefficient (Wildman–Crippen LogP) is 1.68. The van der Waals surface area contributed by atoms with Crippen molar-refractivity contribution in [1.82, 2.24) is 20.4 Å². The van der Waals surface area contributed by atoms with Crippen LogP contribution in [0.15, 0.2) is 110 Å². The predicted molar refractivity (Wildman–Crippen MR) is 208 cm³/mol. The number of nitrogens with one attached hydrogen (secondary N) is 2. The van der Waals surface area contributed by atoms with Crippen molar-refractivity contribution in [2.24, 2.45) is 0 Å². The summed E-state index contributed by atoms with van der Waals surface area (Å²) in [6, 6.07) is 26.9. The van der Waals surface area contributed by atoms with E-state index in [1.54, 1.807) is 63.1 Å². The van der Waals surface area contributed by atoms with Gasteiger partial charge in [-0.2, -0.15) is 9.13 Å². The van der Waals surface area contributed by atoms with Gasteiger partial charge in [0.1, 0.15) is 0 Å². The fraction of sp³-hybridized carbons (Fsp3) is 0.395. The molecule has 0 spiro atoms. The van der Waals surface area contributed by atoms with Gasteiger partial charge in [-0.25, -0.2) is 9.59 Å². The van der Waals surface area contributed by atoms with Crippen LogP contribution in [0.3, 0.4) is 0 Å². The Balaban J connectivity index is 0.000000248. The van der Waals surface area contributed by atoms with Crippen LogP contribution in [0.4, 0.5) is 9.59 Å². The Morgan fingerprint density at radius 1 is 0.596 bits per heavy atom. The van der Waals surface area contributed by atoms with Crippen molar-refractivity contribution in [1.29, 1.82) is 0 Å². The first-order valence-electron chi connectivity index (χ1n) is 19.3. The number of halogens is 1. The summed E-state index contributed by atoms with van der Waals surface area (Å²) in [6.45, 7) is 8.09. The second-order valence-corrected chi connectivity index (χ2v) is 14.1. The van der Waals surface area contributed by atoms with Crippen LogP contribution in [-0.4, -0.2) is 85.3 Å². The summed E-state index contributed by atoms with van der Waals surface area (Å²) in [6.07, 6.45) is 10.9. The van der Waals surface area contributed by atoms with Crippen molar-refractivity contribution in [2.45, 2.75) is 71.5 Å². The Labute approximate surface area is 341 Å². The van der Waals surface area contributed by atoms with Gasteiger partial charge in [-0.1, -0.05) is 60.7 Å². The van der Waals surface area contributed by atoms with E-state index >= 15 is 0 Å². The highest BCUT2D eigenvalue weighted by Crippen LogP contribution is 2.12. The molecule has 2 aromatic heterocycles. The van der Waals surface area contributed by atoms with Gasteiger partial charge in [0.2, 0.25) is 0 Å². The number of morpholine rings is 1. The molecule has 4 aromatic rings. The highest BCUT2D eigenvalue weighted by atomic mass is 35.5. The molecular formula is C43H54ClN6O7+. The normalized spacial score (nSPS) is 14.7. The van der Waals surface area contributed by atoms with Crippen molar-refractivity contribution >= 4 is 24.0 Å². The number of rotatable bonds is 12. The number of alkyl carbamates (subject to hydrolysis) is 2. The van der Waals surface area contributed by atoms with E-state index in [1.807, 2.05) is 79.4 Å². The van der Waals surface area contributed by atoms with E-state index in [2.05, 4.69) is 10.6 Å². The Bertz CT molecular complexity index is 1690. The van der Waals surface area contributed by atoms with Gasteiger partial charge in [-0.05, 0) is 57.1 Å². The lowest BCUT2D eigenvalue weighted by Crippen LogP contribution is -3.00. The lowest BCUT2D eigenvalue weighted by molar-refractivity contribution is -0.727. The summed E-state index contributed by atoms with van der Waals surface area (Å²) in [5.74, 6) is 0.0593. The van der Waals surface area contributed by atoms with Gasteiger partial charge in [-0.15, -0.1) is 0 Å². The topological polar surface area (TPSA) is 134 Å². The Kier molecular flexibility index (Phi) is 18.2. The molecule has 13 nitrogen and oxygen atoms in total. The standard InChI is InChI=1S/C22H27N3O3.C21H25N3O4.ClH/c1-18(16-19-8-4-2-5-9-19)23-22(27)28-17-24-14-10-20(11-15-24)21(26)25-12-6-3-7-13-25;1-17(15-18-5-3-2-4-6-18)22-21(26)28-16-23-9-7-19(8-10-23)20(25)24-11-13-27-14-12-24;/h2,4-5,8-11,14-15,18H,3,6-7,12-13,16-17H2,1H3;2-10,17H,11-16H2,1H3;1H/p+1/t18-;17-;/m00./s1. The molecule has 2 aromatic carbocycles. The maximum absolute atomic E-state index is 12.5. The molecule has 14 heteroatoms. The molecule has 0 radical (unpaired) electrons. The van der Waals surface area contributed by atoms with Gasteiger partial charge in [0, 0.05) is 62.5 Å².